The van der Waals surface area contributed by atoms with Gasteiger partial charge < -0.3 is 9.47 Å². The van der Waals surface area contributed by atoms with Crippen LogP contribution in [0.5, 0.6) is 0 Å². The van der Waals surface area contributed by atoms with E-state index in [-0.39, 0.29) is 13.2 Å². The molecule has 134 valence electrons. The normalized spacial score (nSPS) is 21.6. The lowest BCUT2D eigenvalue weighted by molar-refractivity contribution is -0.174. The molecule has 3 rings (SSSR count). The molecule has 0 radical (unpaired) electrons. The lowest BCUT2D eigenvalue weighted by atomic mass is 9.68. The third kappa shape index (κ3) is 3.22. The van der Waals surface area contributed by atoms with Crippen LogP contribution < -0.4 is 0 Å². The van der Waals surface area contributed by atoms with Crippen LogP contribution in [0.4, 0.5) is 0 Å². The molecular weight excluding hydrogens is 316 g/mol. The van der Waals surface area contributed by atoms with Crippen LogP contribution in [0, 0.1) is 11.3 Å². The number of esters is 2. The van der Waals surface area contributed by atoms with Gasteiger partial charge >= 0.3 is 11.9 Å². The predicted molar refractivity (Wildman–Crippen MR) is 95.6 cm³/mol. The molecule has 0 aliphatic heterocycles. The fourth-order valence-corrected chi connectivity index (χ4v) is 4.24. The summed E-state index contributed by atoms with van der Waals surface area (Å²) in [4.78, 5) is 25.4. The topological polar surface area (TPSA) is 52.6 Å². The summed E-state index contributed by atoms with van der Waals surface area (Å²) in [6, 6.07) is 10.3. The second-order valence-corrected chi connectivity index (χ2v) is 6.84. The number of benzene rings is 1. The first kappa shape index (κ1) is 17.7. The summed E-state index contributed by atoms with van der Waals surface area (Å²) >= 11 is 0. The molecule has 0 heterocycles. The third-order valence-corrected chi connectivity index (χ3v) is 5.49. The van der Waals surface area contributed by atoms with Crippen molar-refractivity contribution in [2.75, 3.05) is 13.2 Å². The summed E-state index contributed by atoms with van der Waals surface area (Å²) in [5, 5.41) is 0. The molecule has 2 aliphatic rings. The van der Waals surface area contributed by atoms with Crippen molar-refractivity contribution in [1.82, 2.24) is 0 Å². The van der Waals surface area contributed by atoms with Crippen molar-refractivity contribution in [1.29, 1.82) is 0 Å². The van der Waals surface area contributed by atoms with Gasteiger partial charge in [0.25, 0.3) is 0 Å². The molecule has 0 spiro atoms. The Balaban J connectivity index is 1.99. The number of carbonyl (C=O) groups is 2. The average Bonchev–Trinajstić information content (AvgIpc) is 3.05. The van der Waals surface area contributed by atoms with Gasteiger partial charge in [-0.25, -0.2) is 0 Å². The first-order valence-corrected chi connectivity index (χ1v) is 9.24. The number of rotatable bonds is 5. The molecule has 1 atom stereocenters. The summed E-state index contributed by atoms with van der Waals surface area (Å²) in [6.07, 6.45) is 3.89. The zero-order valence-electron chi connectivity index (χ0n) is 15.0. The second-order valence-electron chi connectivity index (χ2n) is 6.84. The maximum Gasteiger partial charge on any atom is 0.323 e. The Kier molecular flexibility index (Phi) is 5.26. The van der Waals surface area contributed by atoms with Crippen LogP contribution in [0.15, 0.2) is 35.9 Å². The summed E-state index contributed by atoms with van der Waals surface area (Å²) in [5.74, 6) is -0.399. The smallest absolute Gasteiger partial charge is 0.323 e. The minimum absolute atomic E-state index is 0.272. The first-order chi connectivity index (χ1) is 12.1. The highest BCUT2D eigenvalue weighted by molar-refractivity contribution is 6.01. The van der Waals surface area contributed by atoms with Crippen LogP contribution >= 0.6 is 0 Å². The summed E-state index contributed by atoms with van der Waals surface area (Å²) in [7, 11) is 0. The van der Waals surface area contributed by atoms with E-state index in [1.165, 1.54) is 16.7 Å². The van der Waals surface area contributed by atoms with Crippen molar-refractivity contribution in [3.63, 3.8) is 0 Å². The number of fused-ring (bicyclic) bond motifs is 1. The Hall–Kier alpha value is -2.10. The number of hydrogen-bond acceptors (Lipinski definition) is 4. The van der Waals surface area contributed by atoms with E-state index in [0.29, 0.717) is 18.8 Å². The van der Waals surface area contributed by atoms with Crippen LogP contribution in [-0.4, -0.2) is 25.2 Å². The van der Waals surface area contributed by atoms with Crippen LogP contribution in [0.25, 0.3) is 5.57 Å². The Morgan fingerprint density at radius 2 is 1.68 bits per heavy atom. The molecule has 2 aliphatic carbocycles. The van der Waals surface area contributed by atoms with Gasteiger partial charge in [-0.1, -0.05) is 35.9 Å². The van der Waals surface area contributed by atoms with E-state index in [2.05, 4.69) is 12.1 Å². The molecule has 1 saturated carbocycles. The van der Waals surface area contributed by atoms with Crippen molar-refractivity contribution in [3.8, 4) is 0 Å². The summed E-state index contributed by atoms with van der Waals surface area (Å²) in [5.41, 5.74) is 2.56. The molecule has 1 fully saturated rings. The quantitative estimate of drug-likeness (QED) is 0.596. The highest BCUT2D eigenvalue weighted by Gasteiger charge is 2.53. The van der Waals surface area contributed by atoms with E-state index in [1.54, 1.807) is 13.8 Å². The molecule has 0 aromatic heterocycles. The van der Waals surface area contributed by atoms with Crippen molar-refractivity contribution in [2.24, 2.45) is 11.3 Å². The molecule has 4 nitrogen and oxygen atoms in total. The molecule has 4 heteroatoms. The zero-order chi connectivity index (χ0) is 17.9. The van der Waals surface area contributed by atoms with Crippen LogP contribution in [0.2, 0.25) is 0 Å². The Morgan fingerprint density at radius 3 is 2.28 bits per heavy atom. The van der Waals surface area contributed by atoms with E-state index in [9.17, 15) is 9.59 Å². The van der Waals surface area contributed by atoms with E-state index in [1.807, 2.05) is 18.2 Å². The van der Waals surface area contributed by atoms with Crippen molar-refractivity contribution >= 4 is 17.5 Å². The lowest BCUT2D eigenvalue weighted by Gasteiger charge is -2.36. The molecule has 1 aromatic rings. The largest absolute Gasteiger partial charge is 0.465 e. The van der Waals surface area contributed by atoms with Crippen LogP contribution in [0.3, 0.4) is 0 Å². The van der Waals surface area contributed by atoms with Gasteiger partial charge in [-0.3, -0.25) is 9.59 Å². The number of hydrogen-bond donors (Lipinski definition) is 0. The first-order valence-electron chi connectivity index (χ1n) is 9.24. The van der Waals surface area contributed by atoms with Crippen molar-refractivity contribution in [2.45, 2.75) is 46.0 Å². The lowest BCUT2D eigenvalue weighted by Crippen LogP contribution is -2.45. The standard InChI is InChI=1S/C21H26O4/c1-3-24-19(22)21(20(23)25-4-2)13-12-16-10-11-17(18(16)14-21)15-8-6-5-7-9-15/h5-9,16H,3-4,10-14H2,1-2H3. The van der Waals surface area contributed by atoms with E-state index in [0.717, 1.165) is 19.3 Å². The van der Waals surface area contributed by atoms with Gasteiger partial charge in [-0.15, -0.1) is 0 Å². The highest BCUT2D eigenvalue weighted by atomic mass is 16.6. The van der Waals surface area contributed by atoms with E-state index in [4.69, 9.17) is 9.47 Å². The van der Waals surface area contributed by atoms with Gasteiger partial charge in [-0.2, -0.15) is 0 Å². The molecule has 0 N–H and O–H groups in total. The number of allylic oxidation sites excluding steroid dienone is 2. The van der Waals surface area contributed by atoms with Gasteiger partial charge in [0.15, 0.2) is 5.41 Å². The van der Waals surface area contributed by atoms with Crippen LogP contribution in [-0.2, 0) is 19.1 Å². The summed E-state index contributed by atoms with van der Waals surface area (Å²) < 4.78 is 10.6. The molecule has 0 saturated heterocycles. The van der Waals surface area contributed by atoms with Gasteiger partial charge in [0, 0.05) is 0 Å². The molecule has 1 aromatic carbocycles. The molecule has 0 bridgehead atoms. The fraction of sp³-hybridized carbons (Fsp3) is 0.524. The fourth-order valence-electron chi connectivity index (χ4n) is 4.24. The number of carbonyl (C=O) groups excluding carboxylic acids is 2. The van der Waals surface area contributed by atoms with Gasteiger partial charge in [0.1, 0.15) is 0 Å². The third-order valence-electron chi connectivity index (χ3n) is 5.49. The predicted octanol–water partition coefficient (Wildman–Crippen LogP) is 4.15. The minimum Gasteiger partial charge on any atom is -0.465 e. The Morgan fingerprint density at radius 1 is 1.04 bits per heavy atom. The Bertz CT molecular complexity index is 656. The summed E-state index contributed by atoms with van der Waals surface area (Å²) in [6.45, 7) is 4.08. The average molecular weight is 342 g/mol. The second kappa shape index (κ2) is 7.42. The van der Waals surface area contributed by atoms with Crippen LogP contribution in [0.1, 0.15) is 51.5 Å². The highest BCUT2D eigenvalue weighted by Crippen LogP contribution is 2.52. The molecular formula is C21H26O4. The van der Waals surface area contributed by atoms with Gasteiger partial charge in [0.2, 0.25) is 0 Å². The number of ether oxygens (including phenoxy) is 2. The van der Waals surface area contributed by atoms with Crippen molar-refractivity contribution in [3.05, 3.63) is 41.5 Å². The minimum atomic E-state index is -1.18. The zero-order valence-corrected chi connectivity index (χ0v) is 15.0. The maximum atomic E-state index is 12.7. The van der Waals surface area contributed by atoms with Gasteiger partial charge in [0.05, 0.1) is 13.2 Å². The monoisotopic (exact) mass is 342 g/mol. The SMILES string of the molecule is CCOC(=O)C1(C(=O)OCC)CCC2CCC(c3ccccc3)=C2C1. The van der Waals surface area contributed by atoms with E-state index < -0.39 is 17.4 Å². The maximum absolute atomic E-state index is 12.7. The molecule has 25 heavy (non-hydrogen) atoms. The van der Waals surface area contributed by atoms with Crippen molar-refractivity contribution < 1.29 is 19.1 Å². The molecule has 0 amide bonds. The Labute approximate surface area is 149 Å². The van der Waals surface area contributed by atoms with E-state index >= 15 is 0 Å². The van der Waals surface area contributed by atoms with Gasteiger partial charge in [-0.05, 0) is 63.0 Å². The molecule has 1 unspecified atom stereocenters.